The lowest BCUT2D eigenvalue weighted by atomic mass is 9.74. The number of hydrogen-bond acceptors (Lipinski definition) is 4. The Balaban J connectivity index is 0.00000280. The molecule has 0 spiro atoms. The molecule has 0 atom stereocenters. The van der Waals surface area contributed by atoms with Gasteiger partial charge in [0.05, 0.1) is 10.7 Å². The topological polar surface area (TPSA) is 58.5 Å². The van der Waals surface area contributed by atoms with Crippen LogP contribution in [0.2, 0.25) is 0 Å². The lowest BCUT2D eigenvalue weighted by molar-refractivity contribution is 0.0513. The second-order valence-corrected chi connectivity index (χ2v) is 7.92. The number of aromatic nitrogens is 1. The molecule has 1 fully saturated rings. The van der Waals surface area contributed by atoms with E-state index in [1.165, 1.54) is 12.1 Å². The van der Waals surface area contributed by atoms with Crippen molar-refractivity contribution in [2.45, 2.75) is 31.6 Å². The van der Waals surface area contributed by atoms with Crippen LogP contribution in [0.4, 0.5) is 4.39 Å². The molecular weight excluding hydrogens is 490 g/mol. The Bertz CT molecular complexity index is 760. The third-order valence-corrected chi connectivity index (χ3v) is 5.89. The summed E-state index contributed by atoms with van der Waals surface area (Å²) in [6.45, 7) is 4.96. The van der Waals surface area contributed by atoms with Crippen molar-refractivity contribution in [3.63, 3.8) is 0 Å². The molecule has 3 rings (SSSR count). The van der Waals surface area contributed by atoms with Gasteiger partial charge in [0.15, 0.2) is 5.96 Å². The van der Waals surface area contributed by atoms with Crippen LogP contribution in [-0.4, -0.2) is 44.3 Å². The highest BCUT2D eigenvalue weighted by Gasteiger charge is 2.34. The molecule has 1 aliphatic heterocycles. The van der Waals surface area contributed by atoms with Gasteiger partial charge in [0, 0.05) is 50.6 Å². The molecule has 0 saturated carbocycles. The first-order valence-electron chi connectivity index (χ1n) is 9.31. The minimum absolute atomic E-state index is 0. The average molecular weight is 518 g/mol. The molecule has 5 nitrogen and oxygen atoms in total. The molecule has 28 heavy (non-hydrogen) atoms. The Labute approximate surface area is 187 Å². The fourth-order valence-corrected chi connectivity index (χ4v) is 4.09. The number of halogens is 2. The van der Waals surface area contributed by atoms with Crippen molar-refractivity contribution in [1.29, 1.82) is 0 Å². The van der Waals surface area contributed by atoms with Crippen LogP contribution in [0.25, 0.3) is 0 Å². The summed E-state index contributed by atoms with van der Waals surface area (Å²) in [5.41, 5.74) is 2.18. The molecule has 0 aliphatic carbocycles. The zero-order valence-corrected chi connectivity index (χ0v) is 19.5. The molecule has 2 heterocycles. The summed E-state index contributed by atoms with van der Waals surface area (Å²) < 4.78 is 18.9. The van der Waals surface area contributed by atoms with Crippen molar-refractivity contribution >= 4 is 41.3 Å². The van der Waals surface area contributed by atoms with Gasteiger partial charge in [-0.05, 0) is 37.5 Å². The van der Waals surface area contributed by atoms with E-state index >= 15 is 0 Å². The van der Waals surface area contributed by atoms with E-state index in [0.29, 0.717) is 13.2 Å². The summed E-state index contributed by atoms with van der Waals surface area (Å²) >= 11 is 1.67. The van der Waals surface area contributed by atoms with Crippen LogP contribution in [0.5, 0.6) is 0 Å². The molecule has 1 aliphatic rings. The van der Waals surface area contributed by atoms with E-state index in [0.717, 1.165) is 54.6 Å². The molecule has 2 N–H and O–H groups in total. The van der Waals surface area contributed by atoms with Gasteiger partial charge in [0.2, 0.25) is 0 Å². The number of rotatable bonds is 6. The van der Waals surface area contributed by atoms with Gasteiger partial charge in [-0.2, -0.15) is 0 Å². The summed E-state index contributed by atoms with van der Waals surface area (Å²) in [5, 5.41) is 10.0. The normalized spacial score (nSPS) is 16.3. The van der Waals surface area contributed by atoms with Crippen molar-refractivity contribution < 1.29 is 9.13 Å². The monoisotopic (exact) mass is 518 g/mol. The lowest BCUT2D eigenvalue weighted by Crippen LogP contribution is -2.48. The molecule has 0 amide bonds. The van der Waals surface area contributed by atoms with Crippen molar-refractivity contribution in [3.8, 4) is 0 Å². The summed E-state index contributed by atoms with van der Waals surface area (Å²) in [4.78, 5) is 8.82. The number of nitrogens with one attached hydrogen (secondary N) is 2. The van der Waals surface area contributed by atoms with Gasteiger partial charge in [-0.3, -0.25) is 4.99 Å². The highest BCUT2D eigenvalue weighted by Crippen LogP contribution is 2.34. The third-order valence-electron chi connectivity index (χ3n) is 5.06. The summed E-state index contributed by atoms with van der Waals surface area (Å²) in [5.74, 6) is 0.568. The number of hydrogen-bond donors (Lipinski definition) is 2. The molecule has 0 bridgehead atoms. The van der Waals surface area contributed by atoms with Crippen LogP contribution >= 0.6 is 35.3 Å². The zero-order valence-electron chi connectivity index (χ0n) is 16.3. The number of aryl methyl sites for hydroxylation is 1. The van der Waals surface area contributed by atoms with Gasteiger partial charge < -0.3 is 15.4 Å². The number of nitrogens with zero attached hydrogens (tertiary/aromatic N) is 2. The van der Waals surface area contributed by atoms with Gasteiger partial charge in [0.1, 0.15) is 5.82 Å². The Morgan fingerprint density at radius 1 is 1.25 bits per heavy atom. The second kappa shape index (κ2) is 11.1. The highest BCUT2D eigenvalue weighted by molar-refractivity contribution is 14.0. The van der Waals surface area contributed by atoms with E-state index in [-0.39, 0.29) is 35.2 Å². The maximum atomic E-state index is 13.4. The second-order valence-electron chi connectivity index (χ2n) is 6.86. The van der Waals surface area contributed by atoms with Crippen molar-refractivity contribution in [2.75, 3.05) is 33.4 Å². The number of thiazole rings is 1. The summed E-state index contributed by atoms with van der Waals surface area (Å²) in [7, 11) is 1.77. The molecule has 1 saturated heterocycles. The van der Waals surface area contributed by atoms with Gasteiger partial charge >= 0.3 is 0 Å². The van der Waals surface area contributed by atoms with Crippen molar-refractivity contribution in [3.05, 3.63) is 51.7 Å². The fourth-order valence-electron chi connectivity index (χ4n) is 3.44. The van der Waals surface area contributed by atoms with Crippen LogP contribution in [0.1, 0.15) is 29.1 Å². The highest BCUT2D eigenvalue weighted by atomic mass is 127. The van der Waals surface area contributed by atoms with E-state index in [9.17, 15) is 4.39 Å². The van der Waals surface area contributed by atoms with Crippen molar-refractivity contribution in [2.24, 2.45) is 4.99 Å². The molecular formula is C20H28FIN4OS. The third kappa shape index (κ3) is 6.12. The van der Waals surface area contributed by atoms with E-state index in [1.54, 1.807) is 18.4 Å². The minimum atomic E-state index is -0.205. The Kier molecular flexibility index (Phi) is 9.10. The van der Waals surface area contributed by atoms with Gasteiger partial charge in [-0.25, -0.2) is 9.37 Å². The molecule has 0 radical (unpaired) electrons. The van der Waals surface area contributed by atoms with Gasteiger partial charge in [-0.1, -0.05) is 12.1 Å². The SMILES string of the molecule is CN=C(NCCc1csc(C)n1)NCC1(c2ccc(F)cc2)CCOCC1.I. The van der Waals surface area contributed by atoms with Crippen LogP contribution in [0, 0.1) is 12.7 Å². The fraction of sp³-hybridized carbons (Fsp3) is 0.500. The minimum Gasteiger partial charge on any atom is -0.381 e. The van der Waals surface area contributed by atoms with E-state index in [2.05, 4.69) is 26.0 Å². The largest absolute Gasteiger partial charge is 0.381 e. The van der Waals surface area contributed by atoms with E-state index < -0.39 is 0 Å². The number of ether oxygens (including phenoxy) is 1. The maximum absolute atomic E-state index is 13.4. The summed E-state index contributed by atoms with van der Waals surface area (Å²) in [6.07, 6.45) is 2.67. The van der Waals surface area contributed by atoms with Crippen molar-refractivity contribution in [1.82, 2.24) is 15.6 Å². The Hall–Kier alpha value is -1.26. The molecule has 1 aromatic heterocycles. The first kappa shape index (κ1) is 23.0. The molecule has 1 aromatic carbocycles. The quantitative estimate of drug-likeness (QED) is 0.348. The van der Waals surface area contributed by atoms with Crippen LogP contribution < -0.4 is 10.6 Å². The van der Waals surface area contributed by atoms with E-state index in [4.69, 9.17) is 4.74 Å². The first-order valence-corrected chi connectivity index (χ1v) is 10.2. The van der Waals surface area contributed by atoms with Crippen LogP contribution in [-0.2, 0) is 16.6 Å². The number of guanidine groups is 1. The maximum Gasteiger partial charge on any atom is 0.191 e. The number of benzene rings is 1. The summed E-state index contributed by atoms with van der Waals surface area (Å²) in [6, 6.07) is 6.86. The van der Waals surface area contributed by atoms with Crippen LogP contribution in [0.3, 0.4) is 0 Å². The predicted molar refractivity (Wildman–Crippen MR) is 123 cm³/mol. The Morgan fingerprint density at radius 2 is 1.96 bits per heavy atom. The zero-order chi connectivity index (χ0) is 19.1. The average Bonchev–Trinajstić information content (AvgIpc) is 3.11. The standard InChI is InChI=1S/C20H27FN4OS.HI/c1-15-25-18(13-27-15)7-10-23-19(22-2)24-14-20(8-11-26-12-9-20)16-3-5-17(21)6-4-16;/h3-6,13H,7-12,14H2,1-2H3,(H2,22,23,24);1H. The molecule has 8 heteroatoms. The van der Waals surface area contributed by atoms with Gasteiger partial charge in [0.25, 0.3) is 0 Å². The van der Waals surface area contributed by atoms with E-state index in [1.807, 2.05) is 19.1 Å². The molecule has 0 unspecified atom stereocenters. The number of aliphatic imine (C=N–C) groups is 1. The molecule has 2 aromatic rings. The predicted octanol–water partition coefficient (Wildman–Crippen LogP) is 3.66. The molecule has 154 valence electrons. The first-order chi connectivity index (χ1) is 13.1. The lowest BCUT2D eigenvalue weighted by Gasteiger charge is -2.38. The van der Waals surface area contributed by atoms with Gasteiger partial charge in [-0.15, -0.1) is 35.3 Å². The van der Waals surface area contributed by atoms with Crippen LogP contribution in [0.15, 0.2) is 34.6 Å². The Morgan fingerprint density at radius 3 is 2.57 bits per heavy atom. The smallest absolute Gasteiger partial charge is 0.191 e.